The first-order chi connectivity index (χ1) is 22.7. The summed E-state index contributed by atoms with van der Waals surface area (Å²) < 4.78 is 35.4. The summed E-state index contributed by atoms with van der Waals surface area (Å²) in [7, 11) is -4.99. The number of rotatable bonds is 14. The molecule has 1 aliphatic carbocycles. The highest BCUT2D eigenvalue weighted by Crippen LogP contribution is 2.39. The highest BCUT2D eigenvalue weighted by Gasteiger charge is 2.35. The molecule has 6 rings (SSSR count). The van der Waals surface area contributed by atoms with E-state index in [0.29, 0.717) is 25.5 Å². The summed E-state index contributed by atoms with van der Waals surface area (Å²) in [6, 6.07) is 25.9. The summed E-state index contributed by atoms with van der Waals surface area (Å²) >= 11 is 0. The molecule has 0 radical (unpaired) electrons. The molecule has 0 bridgehead atoms. The Morgan fingerprint density at radius 2 is 1.77 bits per heavy atom. The minimum Gasteiger partial charge on any atom is -0.380 e. The number of imidazole rings is 1. The van der Waals surface area contributed by atoms with Crippen molar-refractivity contribution < 1.29 is 13.2 Å². The molecule has 2 aromatic carbocycles. The number of nitrogens with one attached hydrogen (secondary N) is 2. The molecular weight excluding hydrogens is 625 g/mol. The van der Waals surface area contributed by atoms with Crippen molar-refractivity contribution in [1.29, 1.82) is 0 Å². The van der Waals surface area contributed by atoms with Crippen LogP contribution in [-0.2, 0) is 34.3 Å². The summed E-state index contributed by atoms with van der Waals surface area (Å²) in [5.41, 5.74) is 5.94. The molecule has 47 heavy (non-hydrogen) atoms. The number of aryl methyl sites for hydroxylation is 1. The molecule has 3 heterocycles. The second kappa shape index (κ2) is 14.6. The standard InChI is InChI=1S/C36H44N6O3SSi/c1-47(2,3)23-22-45-26-34(36-40-31-13-4-5-14-32(31)41-36)42(33-15-8-10-28-11-9-21-38-35(28)33)25-27-16-18-30(19-17-27)46(43,44)39-24-29-12-6-7-20-37-29/h4-7,9,11-14,16-21,33-34,39H,8,10,15,22-26H2,1-3H3,(H,40,41). The van der Waals surface area contributed by atoms with Gasteiger partial charge in [-0.15, -0.1) is 0 Å². The number of hydrogen-bond donors (Lipinski definition) is 2. The normalized spacial score (nSPS) is 16.0. The highest BCUT2D eigenvalue weighted by atomic mass is 32.2. The Balaban J connectivity index is 1.32. The van der Waals surface area contributed by atoms with Crippen LogP contribution in [0.5, 0.6) is 0 Å². The van der Waals surface area contributed by atoms with Crippen LogP contribution in [0.3, 0.4) is 0 Å². The molecule has 246 valence electrons. The SMILES string of the molecule is C[Si](C)(C)CCOCC(c1nc2ccccc2[nH]1)N(Cc1ccc(S(=O)(=O)NCc2ccccn2)cc1)C1CCCc2cccnc21. The van der Waals surface area contributed by atoms with Gasteiger partial charge in [-0.05, 0) is 78.9 Å². The summed E-state index contributed by atoms with van der Waals surface area (Å²) in [5.74, 6) is 0.861. The van der Waals surface area contributed by atoms with Crippen LogP contribution < -0.4 is 4.72 Å². The number of benzene rings is 2. The van der Waals surface area contributed by atoms with Gasteiger partial charge in [0, 0.05) is 33.6 Å². The molecule has 2 N–H and O–H groups in total. The number of hydrogen-bond acceptors (Lipinski definition) is 7. The Morgan fingerprint density at radius 3 is 2.53 bits per heavy atom. The highest BCUT2D eigenvalue weighted by molar-refractivity contribution is 7.89. The van der Waals surface area contributed by atoms with Crippen LogP contribution >= 0.6 is 0 Å². The van der Waals surface area contributed by atoms with Crippen molar-refractivity contribution in [3.63, 3.8) is 0 Å². The fraction of sp³-hybridized carbons (Fsp3) is 0.361. The zero-order valence-electron chi connectivity index (χ0n) is 27.4. The number of aromatic nitrogens is 4. The number of aromatic amines is 1. The second-order valence-corrected chi connectivity index (χ2v) is 20.8. The van der Waals surface area contributed by atoms with Gasteiger partial charge in [0.2, 0.25) is 10.0 Å². The Bertz CT molecular complexity index is 1840. The summed E-state index contributed by atoms with van der Waals surface area (Å²) in [4.78, 5) is 20.5. The molecule has 0 saturated carbocycles. The van der Waals surface area contributed by atoms with Crippen molar-refractivity contribution in [3.05, 3.63) is 120 Å². The predicted molar refractivity (Wildman–Crippen MR) is 188 cm³/mol. The zero-order chi connectivity index (χ0) is 32.9. The van der Waals surface area contributed by atoms with E-state index in [1.807, 2.05) is 48.7 Å². The average Bonchev–Trinajstić information content (AvgIpc) is 3.51. The topological polar surface area (TPSA) is 113 Å². The smallest absolute Gasteiger partial charge is 0.240 e. The van der Waals surface area contributed by atoms with E-state index in [1.165, 1.54) is 5.56 Å². The maximum Gasteiger partial charge on any atom is 0.240 e. The van der Waals surface area contributed by atoms with Crippen molar-refractivity contribution >= 4 is 29.1 Å². The van der Waals surface area contributed by atoms with E-state index in [-0.39, 0.29) is 23.5 Å². The van der Waals surface area contributed by atoms with E-state index in [1.54, 1.807) is 30.5 Å². The van der Waals surface area contributed by atoms with Crippen LogP contribution in [0.15, 0.2) is 96.2 Å². The van der Waals surface area contributed by atoms with Crippen molar-refractivity contribution in [3.8, 4) is 0 Å². The van der Waals surface area contributed by atoms with Gasteiger partial charge in [0.15, 0.2) is 0 Å². The minimum absolute atomic E-state index is 0.0437. The number of H-pyrrole nitrogens is 1. The lowest BCUT2D eigenvalue weighted by Crippen LogP contribution is -2.38. The summed E-state index contributed by atoms with van der Waals surface area (Å²) in [6.07, 6.45) is 6.56. The Kier molecular flexibility index (Phi) is 10.3. The quantitative estimate of drug-likeness (QED) is 0.0988. The molecule has 0 spiro atoms. The van der Waals surface area contributed by atoms with Gasteiger partial charge in [0.25, 0.3) is 0 Å². The van der Waals surface area contributed by atoms with Gasteiger partial charge in [0.1, 0.15) is 5.82 Å². The third kappa shape index (κ3) is 8.41. The lowest BCUT2D eigenvalue weighted by atomic mass is 9.89. The van der Waals surface area contributed by atoms with Gasteiger partial charge in [-0.3, -0.25) is 14.9 Å². The van der Waals surface area contributed by atoms with Gasteiger partial charge in [-0.25, -0.2) is 18.1 Å². The Hall–Kier alpha value is -3.74. The zero-order valence-corrected chi connectivity index (χ0v) is 29.2. The summed E-state index contributed by atoms with van der Waals surface area (Å²) in [5, 5.41) is 0. The fourth-order valence-electron chi connectivity index (χ4n) is 6.12. The Morgan fingerprint density at radius 1 is 0.979 bits per heavy atom. The molecule has 2 unspecified atom stereocenters. The second-order valence-electron chi connectivity index (χ2n) is 13.5. The number of sulfonamides is 1. The number of fused-ring (bicyclic) bond motifs is 2. The van der Waals surface area contributed by atoms with Crippen molar-refractivity contribution in [1.82, 2.24) is 29.6 Å². The number of pyridine rings is 2. The van der Waals surface area contributed by atoms with Crippen molar-refractivity contribution in [2.45, 2.75) is 75.0 Å². The van der Waals surface area contributed by atoms with E-state index in [4.69, 9.17) is 14.7 Å². The first kappa shape index (κ1) is 33.2. The lowest BCUT2D eigenvalue weighted by molar-refractivity contribution is 0.0257. The molecule has 0 fully saturated rings. The largest absolute Gasteiger partial charge is 0.380 e. The maximum absolute atomic E-state index is 13.1. The molecule has 5 aromatic rings. The third-order valence-electron chi connectivity index (χ3n) is 8.73. The van der Waals surface area contributed by atoms with Gasteiger partial charge in [-0.2, -0.15) is 0 Å². The number of nitrogens with zero attached hydrogens (tertiary/aromatic N) is 4. The van der Waals surface area contributed by atoms with Gasteiger partial charge in [0.05, 0.1) is 52.6 Å². The van der Waals surface area contributed by atoms with Crippen LogP contribution in [0.4, 0.5) is 0 Å². The first-order valence-corrected chi connectivity index (χ1v) is 21.6. The van der Waals surface area contributed by atoms with Crippen LogP contribution in [0.2, 0.25) is 25.7 Å². The molecule has 11 heteroatoms. The number of para-hydroxylation sites is 2. The van der Waals surface area contributed by atoms with Gasteiger partial charge < -0.3 is 9.72 Å². The van der Waals surface area contributed by atoms with E-state index < -0.39 is 18.1 Å². The van der Waals surface area contributed by atoms with E-state index in [2.05, 4.69) is 51.4 Å². The van der Waals surface area contributed by atoms with E-state index >= 15 is 0 Å². The third-order valence-corrected chi connectivity index (χ3v) is 11.9. The van der Waals surface area contributed by atoms with Gasteiger partial charge >= 0.3 is 0 Å². The molecule has 9 nitrogen and oxygen atoms in total. The van der Waals surface area contributed by atoms with Crippen LogP contribution in [-0.4, -0.2) is 54.5 Å². The molecule has 1 aliphatic rings. The molecule has 3 aromatic heterocycles. The van der Waals surface area contributed by atoms with Crippen LogP contribution in [0, 0.1) is 0 Å². The molecule has 0 amide bonds. The molecule has 0 saturated heterocycles. The predicted octanol–water partition coefficient (Wildman–Crippen LogP) is 6.81. The van der Waals surface area contributed by atoms with Gasteiger partial charge in [-0.1, -0.05) is 56.0 Å². The van der Waals surface area contributed by atoms with Crippen LogP contribution in [0.25, 0.3) is 11.0 Å². The minimum atomic E-state index is -3.71. The maximum atomic E-state index is 13.1. The van der Waals surface area contributed by atoms with Crippen molar-refractivity contribution in [2.24, 2.45) is 0 Å². The number of ether oxygens (including phenoxy) is 1. The summed E-state index contributed by atoms with van der Waals surface area (Å²) in [6.45, 7) is 8.97. The van der Waals surface area contributed by atoms with E-state index in [0.717, 1.165) is 53.4 Å². The first-order valence-electron chi connectivity index (χ1n) is 16.4. The monoisotopic (exact) mass is 668 g/mol. The fourth-order valence-corrected chi connectivity index (χ4v) is 7.88. The average molecular weight is 669 g/mol. The molecule has 0 aliphatic heterocycles. The molecule has 2 atom stereocenters. The lowest BCUT2D eigenvalue weighted by Gasteiger charge is -2.39. The van der Waals surface area contributed by atoms with E-state index in [9.17, 15) is 8.42 Å². The molecular formula is C36H44N6O3SSi. The van der Waals surface area contributed by atoms with Crippen LogP contribution in [0.1, 0.15) is 53.3 Å². The Labute approximate surface area is 278 Å². The van der Waals surface area contributed by atoms with Crippen molar-refractivity contribution in [2.75, 3.05) is 13.2 Å².